The van der Waals surface area contributed by atoms with E-state index in [0.29, 0.717) is 20.7 Å². The average Bonchev–Trinajstić information content (AvgIpc) is 2.94. The molecule has 0 unspecified atom stereocenters. The van der Waals surface area contributed by atoms with Crippen LogP contribution >= 0.6 is 24.0 Å². The molecular weight excluding hydrogens is 380 g/mol. The smallest absolute Gasteiger partial charge is 0.266 e. The van der Waals surface area contributed by atoms with E-state index in [-0.39, 0.29) is 24.8 Å². The number of rotatable bonds is 6. The first-order valence-corrected chi connectivity index (χ1v) is 9.54. The van der Waals surface area contributed by atoms with Crippen molar-refractivity contribution in [2.45, 2.75) is 6.42 Å². The zero-order valence-corrected chi connectivity index (χ0v) is 16.3. The molecule has 7 heteroatoms. The summed E-state index contributed by atoms with van der Waals surface area (Å²) in [6.45, 7) is 0.234. The first-order valence-electron chi connectivity index (χ1n) is 8.32. The van der Waals surface area contributed by atoms with Crippen LogP contribution in [-0.2, 0) is 9.59 Å². The van der Waals surface area contributed by atoms with Gasteiger partial charge in [-0.1, -0.05) is 66.4 Å². The van der Waals surface area contributed by atoms with Crippen molar-refractivity contribution in [2.24, 2.45) is 0 Å². The average molecular weight is 399 g/mol. The molecule has 1 aliphatic heterocycles. The lowest BCUT2D eigenvalue weighted by Crippen LogP contribution is -2.31. The Balaban J connectivity index is 1.61. The fraction of sp³-hybridized carbons (Fsp3) is 0.150. The second-order valence-corrected chi connectivity index (χ2v) is 7.42. The normalized spacial score (nSPS) is 15.3. The van der Waals surface area contributed by atoms with Crippen molar-refractivity contribution in [1.82, 2.24) is 4.90 Å². The van der Waals surface area contributed by atoms with Gasteiger partial charge in [-0.2, -0.15) is 0 Å². The van der Waals surface area contributed by atoms with Crippen LogP contribution in [0.4, 0.5) is 5.69 Å². The first kappa shape index (κ1) is 19.1. The summed E-state index contributed by atoms with van der Waals surface area (Å²) in [4.78, 5) is 26.9. The van der Waals surface area contributed by atoms with Gasteiger partial charge in [0.25, 0.3) is 5.91 Å². The molecule has 0 radical (unpaired) electrons. The number of ether oxygens (including phenoxy) is 1. The van der Waals surface area contributed by atoms with Crippen molar-refractivity contribution in [3.8, 4) is 5.75 Å². The molecule has 0 aliphatic carbocycles. The standard InChI is InChI=1S/C20H18N2O3S2/c1-25-16-10-6-5-9-15(16)21-18(23)11-12-22-19(24)17(27-20(22)26)13-14-7-3-2-4-8-14/h2-10,13H,11-12H2,1H3,(H,21,23). The molecule has 2 amide bonds. The maximum absolute atomic E-state index is 12.6. The maximum atomic E-state index is 12.6. The third kappa shape index (κ3) is 4.75. The summed E-state index contributed by atoms with van der Waals surface area (Å²) in [7, 11) is 1.55. The van der Waals surface area contributed by atoms with Crippen LogP contribution in [0.3, 0.4) is 0 Å². The van der Waals surface area contributed by atoms with Crippen LogP contribution in [0, 0.1) is 0 Å². The highest BCUT2D eigenvalue weighted by Crippen LogP contribution is 2.32. The van der Waals surface area contributed by atoms with Crippen LogP contribution < -0.4 is 10.1 Å². The Morgan fingerprint density at radius 1 is 1.19 bits per heavy atom. The fourth-order valence-corrected chi connectivity index (χ4v) is 3.88. The molecule has 1 heterocycles. The van der Waals surface area contributed by atoms with Gasteiger partial charge in [-0.05, 0) is 23.8 Å². The summed E-state index contributed by atoms with van der Waals surface area (Å²) in [5.41, 5.74) is 1.53. The number of anilines is 1. The number of benzene rings is 2. The maximum Gasteiger partial charge on any atom is 0.266 e. The molecule has 1 saturated heterocycles. The molecule has 2 aromatic rings. The summed E-state index contributed by atoms with van der Waals surface area (Å²) in [5, 5.41) is 2.80. The largest absolute Gasteiger partial charge is 0.495 e. The summed E-state index contributed by atoms with van der Waals surface area (Å²) >= 11 is 6.56. The molecule has 1 N–H and O–H groups in total. The van der Waals surface area contributed by atoms with Gasteiger partial charge in [-0.15, -0.1) is 0 Å². The second-order valence-electron chi connectivity index (χ2n) is 5.74. The third-order valence-corrected chi connectivity index (χ3v) is 5.29. The van der Waals surface area contributed by atoms with Gasteiger partial charge in [0.2, 0.25) is 5.91 Å². The number of nitrogens with one attached hydrogen (secondary N) is 1. The Morgan fingerprint density at radius 3 is 2.63 bits per heavy atom. The molecule has 0 saturated carbocycles. The number of thioether (sulfide) groups is 1. The van der Waals surface area contributed by atoms with Gasteiger partial charge < -0.3 is 10.1 Å². The number of carbonyl (C=O) groups is 2. The Bertz CT molecular complexity index is 897. The molecular formula is C20H18N2O3S2. The summed E-state index contributed by atoms with van der Waals surface area (Å²) < 4.78 is 5.68. The SMILES string of the molecule is COc1ccccc1NC(=O)CCN1C(=O)C(=Cc2ccccc2)SC1=S. The Morgan fingerprint density at radius 2 is 1.89 bits per heavy atom. The van der Waals surface area contributed by atoms with Crippen LogP contribution in [0.15, 0.2) is 59.5 Å². The lowest BCUT2D eigenvalue weighted by atomic mass is 10.2. The van der Waals surface area contributed by atoms with E-state index in [2.05, 4.69) is 5.32 Å². The number of hydrogen-bond donors (Lipinski definition) is 1. The van der Waals surface area contributed by atoms with Gasteiger partial charge in [0.1, 0.15) is 10.1 Å². The number of hydrogen-bond acceptors (Lipinski definition) is 5. The molecule has 5 nitrogen and oxygen atoms in total. The first-order chi connectivity index (χ1) is 13.1. The number of methoxy groups -OCH3 is 1. The number of para-hydroxylation sites is 2. The van der Waals surface area contributed by atoms with E-state index in [4.69, 9.17) is 17.0 Å². The van der Waals surface area contributed by atoms with Crippen LogP contribution in [-0.4, -0.2) is 34.7 Å². The lowest BCUT2D eigenvalue weighted by Gasteiger charge is -2.15. The van der Waals surface area contributed by atoms with Gasteiger partial charge in [0.15, 0.2) is 0 Å². The molecule has 1 fully saturated rings. The van der Waals surface area contributed by atoms with E-state index in [1.165, 1.54) is 16.7 Å². The van der Waals surface area contributed by atoms with Crippen LogP contribution in [0.25, 0.3) is 6.08 Å². The predicted octanol–water partition coefficient (Wildman–Crippen LogP) is 3.93. The van der Waals surface area contributed by atoms with Gasteiger partial charge in [0, 0.05) is 13.0 Å². The minimum Gasteiger partial charge on any atom is -0.495 e. The fourth-order valence-electron chi connectivity index (χ4n) is 2.57. The van der Waals surface area contributed by atoms with Crippen molar-refractivity contribution in [2.75, 3.05) is 19.0 Å². The molecule has 1 aliphatic rings. The number of amides is 2. The lowest BCUT2D eigenvalue weighted by molar-refractivity contribution is -0.122. The van der Waals surface area contributed by atoms with Crippen LogP contribution in [0.2, 0.25) is 0 Å². The molecule has 2 aromatic carbocycles. The van der Waals surface area contributed by atoms with Crippen LogP contribution in [0.1, 0.15) is 12.0 Å². The van der Waals surface area contributed by atoms with Crippen molar-refractivity contribution in [1.29, 1.82) is 0 Å². The van der Waals surface area contributed by atoms with Gasteiger partial charge >= 0.3 is 0 Å². The minimum atomic E-state index is -0.208. The Hall–Kier alpha value is -2.64. The number of carbonyl (C=O) groups excluding carboxylic acids is 2. The molecule has 0 spiro atoms. The molecule has 0 bridgehead atoms. The highest BCUT2D eigenvalue weighted by atomic mass is 32.2. The van der Waals surface area contributed by atoms with E-state index in [1.807, 2.05) is 48.5 Å². The van der Waals surface area contributed by atoms with Crippen molar-refractivity contribution in [3.63, 3.8) is 0 Å². The van der Waals surface area contributed by atoms with Crippen molar-refractivity contribution < 1.29 is 14.3 Å². The van der Waals surface area contributed by atoms with Gasteiger partial charge in [0.05, 0.1) is 17.7 Å². The number of thiocarbonyl (C=S) groups is 1. The zero-order valence-electron chi connectivity index (χ0n) is 14.7. The highest BCUT2D eigenvalue weighted by molar-refractivity contribution is 8.26. The molecule has 27 heavy (non-hydrogen) atoms. The van der Waals surface area contributed by atoms with E-state index in [0.717, 1.165) is 5.56 Å². The molecule has 0 atom stereocenters. The topological polar surface area (TPSA) is 58.6 Å². The monoisotopic (exact) mass is 398 g/mol. The van der Waals surface area contributed by atoms with E-state index in [1.54, 1.807) is 19.2 Å². The number of nitrogens with zero attached hydrogens (tertiary/aromatic N) is 1. The summed E-state index contributed by atoms with van der Waals surface area (Å²) in [6, 6.07) is 16.8. The summed E-state index contributed by atoms with van der Waals surface area (Å²) in [6.07, 6.45) is 1.96. The quantitative estimate of drug-likeness (QED) is 0.590. The van der Waals surface area contributed by atoms with Crippen molar-refractivity contribution in [3.05, 3.63) is 65.1 Å². The minimum absolute atomic E-state index is 0.142. The highest BCUT2D eigenvalue weighted by Gasteiger charge is 2.32. The van der Waals surface area contributed by atoms with E-state index in [9.17, 15) is 9.59 Å². The van der Waals surface area contributed by atoms with Crippen molar-refractivity contribution >= 4 is 51.9 Å². The Kier molecular flexibility index (Phi) is 6.26. The molecule has 0 aromatic heterocycles. The summed E-state index contributed by atoms with van der Waals surface area (Å²) in [5.74, 6) is 0.210. The molecule has 3 rings (SSSR count). The van der Waals surface area contributed by atoms with E-state index >= 15 is 0 Å². The van der Waals surface area contributed by atoms with Gasteiger partial charge in [-0.25, -0.2) is 0 Å². The van der Waals surface area contributed by atoms with E-state index < -0.39 is 0 Å². The third-order valence-electron chi connectivity index (χ3n) is 3.91. The van der Waals surface area contributed by atoms with Gasteiger partial charge in [-0.3, -0.25) is 14.5 Å². The predicted molar refractivity (Wildman–Crippen MR) is 113 cm³/mol. The zero-order chi connectivity index (χ0) is 19.2. The second kappa shape index (κ2) is 8.83. The Labute approximate surface area is 167 Å². The molecule has 138 valence electrons. The van der Waals surface area contributed by atoms with Crippen LogP contribution in [0.5, 0.6) is 5.75 Å².